The number of alkyl halides is 3. The van der Waals surface area contributed by atoms with Crippen molar-refractivity contribution in [3.63, 3.8) is 0 Å². The highest BCUT2D eigenvalue weighted by atomic mass is 19.4. The van der Waals surface area contributed by atoms with Crippen LogP contribution >= 0.6 is 0 Å². The maximum absolute atomic E-state index is 13.3. The number of nitrogens with one attached hydrogen (secondary N) is 1. The van der Waals surface area contributed by atoms with Crippen LogP contribution in [-0.2, 0) is 17.5 Å². The third kappa shape index (κ3) is 2.82. The number of benzene rings is 2. The molecule has 2 aromatic carbocycles. The second kappa shape index (κ2) is 5.69. The van der Waals surface area contributed by atoms with E-state index < -0.39 is 17.6 Å². The molecule has 7 heteroatoms. The Hall–Kier alpha value is -2.15. The molecule has 21 heavy (non-hydrogen) atoms. The van der Waals surface area contributed by atoms with Gasteiger partial charge in [-0.3, -0.25) is 4.79 Å². The number of hydrogen-bond donors (Lipinski definition) is 1. The maximum Gasteiger partial charge on any atom is 0.417 e. The molecule has 2 rings (SSSR count). The molecule has 1 N–H and O–H groups in total. The van der Waals surface area contributed by atoms with E-state index in [1.54, 1.807) is 0 Å². The van der Waals surface area contributed by atoms with Gasteiger partial charge in [-0.25, -0.2) is 0 Å². The van der Waals surface area contributed by atoms with Gasteiger partial charge in [-0.05, 0) is 22.4 Å². The van der Waals surface area contributed by atoms with Crippen molar-refractivity contribution >= 4 is 16.7 Å². The molecule has 0 unspecified atom stereocenters. The summed E-state index contributed by atoms with van der Waals surface area (Å²) in [6.07, 6.45) is -4.61. The van der Waals surface area contributed by atoms with Gasteiger partial charge in [-0.15, -0.1) is 0 Å². The third-order valence-electron chi connectivity index (χ3n) is 3.06. The van der Waals surface area contributed by atoms with Crippen molar-refractivity contribution < 1.29 is 27.2 Å². The van der Waals surface area contributed by atoms with Crippen LogP contribution in [0.5, 0.6) is 0 Å². The number of carbonyl (C=O) groups is 1. The first kappa shape index (κ1) is 15.2. The van der Waals surface area contributed by atoms with Crippen LogP contribution in [0.25, 0.3) is 10.8 Å². The van der Waals surface area contributed by atoms with Crippen LogP contribution in [0.1, 0.15) is 21.5 Å². The standard InChI is InChI=1S/C14H11F4NO2/c1-21-7-8-5-6-9-10(12(8)14(15,16)17)3-2-4-11(9)13(20)19-18/h2-6H,7H2,1H3,(H,19,20). The summed E-state index contributed by atoms with van der Waals surface area (Å²) in [4.78, 5) is 11.4. The van der Waals surface area contributed by atoms with Gasteiger partial charge in [0.1, 0.15) is 0 Å². The fraction of sp³-hybridized carbons (Fsp3) is 0.214. The van der Waals surface area contributed by atoms with E-state index in [-0.39, 0.29) is 28.5 Å². The highest BCUT2D eigenvalue weighted by Crippen LogP contribution is 2.38. The van der Waals surface area contributed by atoms with Crippen molar-refractivity contribution in [3.8, 4) is 0 Å². The lowest BCUT2D eigenvalue weighted by molar-refractivity contribution is -0.137. The minimum absolute atomic E-state index is 0.0276. The van der Waals surface area contributed by atoms with E-state index in [0.29, 0.717) is 0 Å². The molecule has 0 aliphatic rings. The van der Waals surface area contributed by atoms with E-state index in [9.17, 15) is 22.4 Å². The Bertz CT molecular complexity index is 682. The van der Waals surface area contributed by atoms with E-state index in [4.69, 9.17) is 4.74 Å². The molecule has 0 aliphatic heterocycles. The lowest BCUT2D eigenvalue weighted by Gasteiger charge is -2.16. The lowest BCUT2D eigenvalue weighted by atomic mass is 9.95. The number of carbonyl (C=O) groups excluding carboxylic acids is 1. The Balaban J connectivity index is 2.81. The summed E-state index contributed by atoms with van der Waals surface area (Å²) in [6, 6.07) is 6.35. The zero-order valence-corrected chi connectivity index (χ0v) is 10.9. The minimum Gasteiger partial charge on any atom is -0.380 e. The molecule has 0 aromatic heterocycles. The van der Waals surface area contributed by atoms with Crippen LogP contribution < -0.4 is 5.54 Å². The summed E-state index contributed by atoms with van der Waals surface area (Å²) < 4.78 is 56.9. The summed E-state index contributed by atoms with van der Waals surface area (Å²) in [5.41, 5.74) is -0.161. The van der Waals surface area contributed by atoms with Crippen LogP contribution in [0.3, 0.4) is 0 Å². The molecule has 3 nitrogen and oxygen atoms in total. The topological polar surface area (TPSA) is 38.3 Å². The van der Waals surface area contributed by atoms with Crippen LogP contribution in [0.15, 0.2) is 30.3 Å². The second-order valence-electron chi connectivity index (χ2n) is 4.35. The molecule has 0 atom stereocenters. The van der Waals surface area contributed by atoms with Crippen molar-refractivity contribution in [2.75, 3.05) is 7.11 Å². The zero-order chi connectivity index (χ0) is 15.6. The number of halogens is 4. The van der Waals surface area contributed by atoms with Crippen molar-refractivity contribution in [2.45, 2.75) is 12.8 Å². The largest absolute Gasteiger partial charge is 0.417 e. The third-order valence-corrected chi connectivity index (χ3v) is 3.06. The number of hydrogen-bond acceptors (Lipinski definition) is 2. The molecule has 0 aliphatic carbocycles. The van der Waals surface area contributed by atoms with Crippen LogP contribution in [0, 0.1) is 0 Å². The molecule has 0 radical (unpaired) electrons. The summed E-state index contributed by atoms with van der Waals surface area (Å²) in [5.74, 6) is -1.09. The predicted molar refractivity (Wildman–Crippen MR) is 68.2 cm³/mol. The van der Waals surface area contributed by atoms with Gasteiger partial charge in [0.15, 0.2) is 0 Å². The van der Waals surface area contributed by atoms with Crippen molar-refractivity contribution in [1.82, 2.24) is 5.54 Å². The Kier molecular flexibility index (Phi) is 4.13. The van der Waals surface area contributed by atoms with E-state index in [2.05, 4.69) is 0 Å². The van der Waals surface area contributed by atoms with E-state index in [1.165, 1.54) is 37.4 Å². The first-order valence-electron chi connectivity index (χ1n) is 5.92. The number of methoxy groups -OCH3 is 1. The number of rotatable bonds is 3. The smallest absolute Gasteiger partial charge is 0.380 e. The molecule has 0 saturated carbocycles. The molecule has 0 spiro atoms. The van der Waals surface area contributed by atoms with Gasteiger partial charge in [0.05, 0.1) is 12.2 Å². The van der Waals surface area contributed by atoms with Crippen molar-refractivity contribution in [2.24, 2.45) is 0 Å². The first-order valence-corrected chi connectivity index (χ1v) is 5.92. The summed E-state index contributed by atoms with van der Waals surface area (Å²) >= 11 is 0. The van der Waals surface area contributed by atoms with Crippen LogP contribution in [0.4, 0.5) is 17.7 Å². The minimum atomic E-state index is -4.61. The summed E-state index contributed by atoms with van der Waals surface area (Å²) in [7, 11) is 1.29. The van der Waals surface area contributed by atoms with Gasteiger partial charge in [0, 0.05) is 12.7 Å². The lowest BCUT2D eigenvalue weighted by Crippen LogP contribution is -2.15. The van der Waals surface area contributed by atoms with Gasteiger partial charge in [-0.1, -0.05) is 28.7 Å². The number of ether oxygens (including phenoxy) is 1. The summed E-state index contributed by atoms with van der Waals surface area (Å²) in [5, 5.41) is -0.141. The van der Waals surface area contributed by atoms with Gasteiger partial charge >= 0.3 is 6.18 Å². The highest BCUT2D eigenvalue weighted by molar-refractivity contribution is 6.07. The molecule has 1 amide bonds. The zero-order valence-electron chi connectivity index (χ0n) is 10.9. The maximum atomic E-state index is 13.3. The van der Waals surface area contributed by atoms with Crippen LogP contribution in [0.2, 0.25) is 0 Å². The Morgan fingerprint density at radius 3 is 2.48 bits per heavy atom. The van der Waals surface area contributed by atoms with Gasteiger partial charge in [0.2, 0.25) is 0 Å². The molecular formula is C14H11F4NO2. The SMILES string of the molecule is COCc1ccc2c(C(=O)NF)cccc2c1C(F)(F)F. The molecule has 0 saturated heterocycles. The second-order valence-corrected chi connectivity index (χ2v) is 4.35. The molecule has 0 fully saturated rings. The van der Waals surface area contributed by atoms with Gasteiger partial charge in [0.25, 0.3) is 5.91 Å². The normalized spacial score (nSPS) is 11.7. The van der Waals surface area contributed by atoms with E-state index >= 15 is 0 Å². The molecule has 112 valence electrons. The molecule has 2 aromatic rings. The fourth-order valence-electron chi connectivity index (χ4n) is 2.26. The number of fused-ring (bicyclic) bond motifs is 1. The highest BCUT2D eigenvalue weighted by Gasteiger charge is 2.35. The molecule has 0 heterocycles. The first-order chi connectivity index (χ1) is 9.90. The summed E-state index contributed by atoms with van der Waals surface area (Å²) in [6.45, 7) is -0.218. The Labute approximate surface area is 117 Å². The molecule has 0 bridgehead atoms. The van der Waals surface area contributed by atoms with Gasteiger partial charge < -0.3 is 4.74 Å². The quantitative estimate of drug-likeness (QED) is 0.694. The van der Waals surface area contributed by atoms with Crippen molar-refractivity contribution in [3.05, 3.63) is 47.0 Å². The average Bonchev–Trinajstić information content (AvgIpc) is 2.44. The predicted octanol–water partition coefficient (Wildman–Crippen LogP) is 3.62. The molecular weight excluding hydrogens is 290 g/mol. The number of amides is 1. The monoisotopic (exact) mass is 301 g/mol. The average molecular weight is 301 g/mol. The Morgan fingerprint density at radius 2 is 1.90 bits per heavy atom. The van der Waals surface area contributed by atoms with E-state index in [1.807, 2.05) is 0 Å². The van der Waals surface area contributed by atoms with Crippen molar-refractivity contribution in [1.29, 1.82) is 0 Å². The fourth-order valence-corrected chi connectivity index (χ4v) is 2.26. The van der Waals surface area contributed by atoms with E-state index in [0.717, 1.165) is 5.54 Å². The van der Waals surface area contributed by atoms with Gasteiger partial charge in [-0.2, -0.15) is 18.7 Å². The van der Waals surface area contributed by atoms with Crippen LogP contribution in [-0.4, -0.2) is 13.0 Å². The Morgan fingerprint density at radius 1 is 1.19 bits per heavy atom.